The lowest BCUT2D eigenvalue weighted by Gasteiger charge is -2.36. The molecule has 1 heterocycles. The predicted octanol–water partition coefficient (Wildman–Crippen LogP) is 3.14. The lowest BCUT2D eigenvalue weighted by atomic mass is 9.80. The first kappa shape index (κ1) is 11.7. The van der Waals surface area contributed by atoms with Crippen LogP contribution in [0, 0.1) is 0 Å². The van der Waals surface area contributed by atoms with E-state index in [2.05, 4.69) is 22.4 Å². The van der Waals surface area contributed by atoms with Gasteiger partial charge in [0.1, 0.15) is 0 Å². The van der Waals surface area contributed by atoms with E-state index in [-0.39, 0.29) is 0 Å². The van der Waals surface area contributed by atoms with E-state index in [0.717, 1.165) is 35.7 Å². The van der Waals surface area contributed by atoms with E-state index in [1.165, 1.54) is 0 Å². The SMILES string of the molecule is OC1(CNc2nc(-c3ccccc3)cs2)CCC1. The highest BCUT2D eigenvalue weighted by Crippen LogP contribution is 2.32. The van der Waals surface area contributed by atoms with Gasteiger partial charge >= 0.3 is 0 Å². The topological polar surface area (TPSA) is 45.1 Å². The minimum absolute atomic E-state index is 0.501. The van der Waals surface area contributed by atoms with E-state index >= 15 is 0 Å². The molecule has 1 saturated carbocycles. The molecule has 0 spiro atoms. The maximum atomic E-state index is 10.0. The maximum Gasteiger partial charge on any atom is 0.183 e. The molecule has 18 heavy (non-hydrogen) atoms. The quantitative estimate of drug-likeness (QED) is 0.887. The molecule has 2 N–H and O–H groups in total. The van der Waals surface area contributed by atoms with Gasteiger partial charge in [-0.25, -0.2) is 4.98 Å². The Hall–Kier alpha value is -1.39. The molecule has 0 atom stereocenters. The number of aliphatic hydroxyl groups is 1. The van der Waals surface area contributed by atoms with Gasteiger partial charge in [-0.15, -0.1) is 11.3 Å². The van der Waals surface area contributed by atoms with Gasteiger partial charge < -0.3 is 10.4 Å². The van der Waals surface area contributed by atoms with Crippen molar-refractivity contribution >= 4 is 16.5 Å². The summed E-state index contributed by atoms with van der Waals surface area (Å²) < 4.78 is 0. The van der Waals surface area contributed by atoms with Crippen LogP contribution in [0.5, 0.6) is 0 Å². The Balaban J connectivity index is 1.66. The summed E-state index contributed by atoms with van der Waals surface area (Å²) in [6, 6.07) is 10.1. The fourth-order valence-electron chi connectivity index (χ4n) is 2.10. The lowest BCUT2D eigenvalue weighted by molar-refractivity contribution is -0.0201. The summed E-state index contributed by atoms with van der Waals surface area (Å²) in [5, 5.41) is 16.2. The van der Waals surface area contributed by atoms with E-state index in [9.17, 15) is 5.11 Å². The average Bonchev–Trinajstić information content (AvgIpc) is 2.84. The first-order valence-electron chi connectivity index (χ1n) is 6.22. The van der Waals surface area contributed by atoms with E-state index in [1.807, 2.05) is 23.6 Å². The Morgan fingerprint density at radius 1 is 1.28 bits per heavy atom. The maximum absolute atomic E-state index is 10.0. The molecule has 1 aliphatic rings. The highest BCUT2D eigenvalue weighted by atomic mass is 32.1. The van der Waals surface area contributed by atoms with E-state index < -0.39 is 5.60 Å². The normalized spacial score (nSPS) is 17.2. The summed E-state index contributed by atoms with van der Waals surface area (Å²) in [5.41, 5.74) is 1.62. The zero-order chi connectivity index (χ0) is 12.4. The van der Waals surface area contributed by atoms with Gasteiger partial charge in [0.2, 0.25) is 0 Å². The van der Waals surface area contributed by atoms with Crippen LogP contribution >= 0.6 is 11.3 Å². The molecule has 4 heteroatoms. The smallest absolute Gasteiger partial charge is 0.183 e. The number of hydrogen-bond donors (Lipinski definition) is 2. The van der Waals surface area contributed by atoms with Gasteiger partial charge in [-0.05, 0) is 19.3 Å². The largest absolute Gasteiger partial charge is 0.388 e. The van der Waals surface area contributed by atoms with E-state index in [0.29, 0.717) is 6.54 Å². The minimum atomic E-state index is -0.501. The van der Waals surface area contributed by atoms with Crippen molar-refractivity contribution in [3.8, 4) is 11.3 Å². The first-order valence-corrected chi connectivity index (χ1v) is 7.10. The van der Waals surface area contributed by atoms with Crippen LogP contribution in [0.15, 0.2) is 35.7 Å². The number of thiazole rings is 1. The second-order valence-electron chi connectivity index (χ2n) is 4.84. The third-order valence-electron chi connectivity index (χ3n) is 3.43. The van der Waals surface area contributed by atoms with Crippen LogP contribution in [0.3, 0.4) is 0 Å². The van der Waals surface area contributed by atoms with Crippen LogP contribution in [0.25, 0.3) is 11.3 Å². The molecule has 0 unspecified atom stereocenters. The summed E-state index contributed by atoms with van der Waals surface area (Å²) in [6.45, 7) is 0.606. The molecule has 0 radical (unpaired) electrons. The number of anilines is 1. The second-order valence-corrected chi connectivity index (χ2v) is 5.69. The molecular weight excluding hydrogens is 244 g/mol. The molecule has 1 aromatic carbocycles. The second kappa shape index (κ2) is 4.71. The highest BCUT2D eigenvalue weighted by molar-refractivity contribution is 7.14. The summed E-state index contributed by atoms with van der Waals surface area (Å²) in [7, 11) is 0. The number of nitrogens with one attached hydrogen (secondary N) is 1. The van der Waals surface area contributed by atoms with Crippen molar-refractivity contribution in [1.82, 2.24) is 4.98 Å². The van der Waals surface area contributed by atoms with Crippen molar-refractivity contribution in [1.29, 1.82) is 0 Å². The van der Waals surface area contributed by atoms with Gasteiger partial charge in [-0.3, -0.25) is 0 Å². The van der Waals surface area contributed by atoms with E-state index in [1.54, 1.807) is 11.3 Å². The molecule has 0 bridgehead atoms. The molecular formula is C14H16N2OS. The molecule has 0 saturated heterocycles. The van der Waals surface area contributed by atoms with Gasteiger partial charge in [0, 0.05) is 17.5 Å². The first-order chi connectivity index (χ1) is 8.75. The molecule has 1 fully saturated rings. The summed E-state index contributed by atoms with van der Waals surface area (Å²) in [5.74, 6) is 0. The molecule has 2 aromatic rings. The predicted molar refractivity (Wildman–Crippen MR) is 74.8 cm³/mol. The minimum Gasteiger partial charge on any atom is -0.388 e. The van der Waals surface area contributed by atoms with Gasteiger partial charge in [-0.2, -0.15) is 0 Å². The summed E-state index contributed by atoms with van der Waals surface area (Å²) in [6.07, 6.45) is 2.93. The van der Waals surface area contributed by atoms with Crippen LogP contribution < -0.4 is 5.32 Å². The third kappa shape index (κ3) is 2.40. The standard InChI is InChI=1S/C14H16N2OS/c17-14(7-4-8-14)10-15-13-16-12(9-18-13)11-5-2-1-3-6-11/h1-3,5-6,9,17H,4,7-8,10H2,(H,15,16). The number of aromatic nitrogens is 1. The zero-order valence-electron chi connectivity index (χ0n) is 10.1. The van der Waals surface area contributed by atoms with Gasteiger partial charge in [-0.1, -0.05) is 30.3 Å². The van der Waals surface area contributed by atoms with Gasteiger partial charge in [0.25, 0.3) is 0 Å². The van der Waals surface area contributed by atoms with Crippen molar-refractivity contribution in [2.24, 2.45) is 0 Å². The Morgan fingerprint density at radius 2 is 2.06 bits per heavy atom. The van der Waals surface area contributed by atoms with Crippen molar-refractivity contribution in [2.75, 3.05) is 11.9 Å². The molecule has 3 rings (SSSR count). The average molecular weight is 260 g/mol. The van der Waals surface area contributed by atoms with Crippen molar-refractivity contribution in [2.45, 2.75) is 24.9 Å². The fourth-order valence-corrected chi connectivity index (χ4v) is 2.82. The van der Waals surface area contributed by atoms with E-state index in [4.69, 9.17) is 0 Å². The Morgan fingerprint density at radius 3 is 2.72 bits per heavy atom. The Kier molecular flexibility index (Phi) is 3.06. The van der Waals surface area contributed by atoms with Crippen molar-refractivity contribution < 1.29 is 5.11 Å². The number of benzene rings is 1. The number of nitrogens with zero attached hydrogens (tertiary/aromatic N) is 1. The van der Waals surface area contributed by atoms with Gasteiger partial charge in [0.15, 0.2) is 5.13 Å². The van der Waals surface area contributed by atoms with Crippen molar-refractivity contribution in [3.63, 3.8) is 0 Å². The zero-order valence-corrected chi connectivity index (χ0v) is 10.9. The Labute approximate surface area is 111 Å². The van der Waals surface area contributed by atoms with Crippen molar-refractivity contribution in [3.05, 3.63) is 35.7 Å². The molecule has 0 amide bonds. The van der Waals surface area contributed by atoms with Crippen LogP contribution in [-0.2, 0) is 0 Å². The highest BCUT2D eigenvalue weighted by Gasteiger charge is 2.34. The fraction of sp³-hybridized carbons (Fsp3) is 0.357. The summed E-state index contributed by atoms with van der Waals surface area (Å²) >= 11 is 1.59. The number of rotatable bonds is 4. The molecule has 1 aromatic heterocycles. The van der Waals surface area contributed by atoms with Gasteiger partial charge in [0.05, 0.1) is 11.3 Å². The monoisotopic (exact) mass is 260 g/mol. The molecule has 1 aliphatic carbocycles. The Bertz CT molecular complexity index is 520. The van der Waals surface area contributed by atoms with Crippen LogP contribution in [0.4, 0.5) is 5.13 Å². The van der Waals surface area contributed by atoms with Crippen LogP contribution in [0.1, 0.15) is 19.3 Å². The molecule has 3 nitrogen and oxygen atoms in total. The number of hydrogen-bond acceptors (Lipinski definition) is 4. The van der Waals surface area contributed by atoms with Crippen LogP contribution in [-0.4, -0.2) is 22.2 Å². The third-order valence-corrected chi connectivity index (χ3v) is 4.23. The lowest BCUT2D eigenvalue weighted by Crippen LogP contribution is -2.43. The van der Waals surface area contributed by atoms with Crippen LogP contribution in [0.2, 0.25) is 0 Å². The molecule has 0 aliphatic heterocycles. The molecule has 94 valence electrons. The summed E-state index contributed by atoms with van der Waals surface area (Å²) in [4.78, 5) is 4.54.